The minimum absolute atomic E-state index is 0.00883. The van der Waals surface area contributed by atoms with Crippen molar-refractivity contribution in [3.8, 4) is 0 Å². The Morgan fingerprint density at radius 1 is 1.37 bits per heavy atom. The summed E-state index contributed by atoms with van der Waals surface area (Å²) in [5.41, 5.74) is 0.409. The summed E-state index contributed by atoms with van der Waals surface area (Å²) in [6.45, 7) is 8.86. The van der Waals surface area contributed by atoms with Gasteiger partial charge in [-0.05, 0) is 6.92 Å². The molecule has 19 heavy (non-hydrogen) atoms. The zero-order valence-corrected chi connectivity index (χ0v) is 11.8. The number of rotatable bonds is 5. The van der Waals surface area contributed by atoms with Gasteiger partial charge in [0.1, 0.15) is 5.82 Å². The molecule has 0 atom stereocenters. The van der Waals surface area contributed by atoms with Gasteiger partial charge in [-0.25, -0.2) is 14.8 Å². The standard InChI is InChI=1S/C13H21N3O3/c1-5-16(6-7-17)10-8-9(13(2,3)4)14-11(15-10)12(18)19/h8,17H,5-7H2,1-4H3,(H,18,19). The molecule has 1 heterocycles. The Morgan fingerprint density at radius 2 is 2.00 bits per heavy atom. The average molecular weight is 267 g/mol. The number of anilines is 1. The van der Waals surface area contributed by atoms with Gasteiger partial charge in [-0.2, -0.15) is 0 Å². The molecule has 0 aliphatic carbocycles. The molecule has 0 bridgehead atoms. The van der Waals surface area contributed by atoms with E-state index in [0.29, 0.717) is 24.6 Å². The third-order valence-electron chi connectivity index (χ3n) is 2.75. The molecule has 0 unspecified atom stereocenters. The van der Waals surface area contributed by atoms with Crippen molar-refractivity contribution in [2.75, 3.05) is 24.6 Å². The first-order chi connectivity index (χ1) is 8.79. The van der Waals surface area contributed by atoms with Gasteiger partial charge in [0.05, 0.1) is 12.3 Å². The molecule has 0 fully saturated rings. The number of aliphatic hydroxyl groups is 1. The highest BCUT2D eigenvalue weighted by Gasteiger charge is 2.21. The number of nitrogens with zero attached hydrogens (tertiary/aromatic N) is 3. The van der Waals surface area contributed by atoms with Gasteiger partial charge in [-0.15, -0.1) is 0 Å². The van der Waals surface area contributed by atoms with E-state index in [1.807, 2.05) is 32.6 Å². The number of hydrogen-bond acceptors (Lipinski definition) is 5. The fourth-order valence-electron chi connectivity index (χ4n) is 1.63. The molecule has 0 amide bonds. The number of carboxylic acids is 1. The number of aliphatic hydroxyl groups excluding tert-OH is 1. The SMILES string of the molecule is CCN(CCO)c1cc(C(C)(C)C)nc(C(=O)O)n1. The third kappa shape index (κ3) is 3.89. The molecule has 1 rings (SSSR count). The van der Waals surface area contributed by atoms with Crippen LogP contribution in [0.25, 0.3) is 0 Å². The lowest BCUT2D eigenvalue weighted by Crippen LogP contribution is -2.29. The lowest BCUT2D eigenvalue weighted by atomic mass is 9.92. The van der Waals surface area contributed by atoms with Gasteiger partial charge in [-0.1, -0.05) is 20.8 Å². The summed E-state index contributed by atoms with van der Waals surface area (Å²) in [7, 11) is 0. The van der Waals surface area contributed by atoms with Crippen molar-refractivity contribution in [1.82, 2.24) is 9.97 Å². The van der Waals surface area contributed by atoms with E-state index in [4.69, 9.17) is 10.2 Å². The molecule has 2 N–H and O–H groups in total. The lowest BCUT2D eigenvalue weighted by Gasteiger charge is -2.24. The summed E-state index contributed by atoms with van der Waals surface area (Å²) >= 11 is 0. The van der Waals surface area contributed by atoms with Crippen molar-refractivity contribution >= 4 is 11.8 Å². The highest BCUT2D eigenvalue weighted by molar-refractivity contribution is 5.83. The fourth-order valence-corrected chi connectivity index (χ4v) is 1.63. The van der Waals surface area contributed by atoms with E-state index < -0.39 is 5.97 Å². The summed E-state index contributed by atoms with van der Waals surface area (Å²) in [5.74, 6) is -0.819. The molecular formula is C13H21N3O3. The Bertz CT molecular complexity index is 455. The maximum absolute atomic E-state index is 11.1. The first-order valence-corrected chi connectivity index (χ1v) is 6.28. The molecule has 0 saturated heterocycles. The zero-order chi connectivity index (χ0) is 14.6. The minimum atomic E-state index is -1.15. The second-order valence-corrected chi connectivity index (χ2v) is 5.29. The molecule has 0 aromatic carbocycles. The van der Waals surface area contributed by atoms with E-state index in [2.05, 4.69) is 9.97 Å². The Hall–Kier alpha value is -1.69. The predicted molar refractivity (Wildman–Crippen MR) is 72.7 cm³/mol. The Morgan fingerprint density at radius 3 is 2.42 bits per heavy atom. The fraction of sp³-hybridized carbons (Fsp3) is 0.615. The van der Waals surface area contributed by atoms with Crippen LogP contribution in [0.2, 0.25) is 0 Å². The van der Waals surface area contributed by atoms with Crippen LogP contribution in [0.4, 0.5) is 5.82 Å². The lowest BCUT2D eigenvalue weighted by molar-refractivity contribution is 0.0683. The van der Waals surface area contributed by atoms with Crippen LogP contribution >= 0.6 is 0 Å². The summed E-state index contributed by atoms with van der Waals surface area (Å²) in [4.78, 5) is 21.1. The van der Waals surface area contributed by atoms with Crippen LogP contribution in [0.15, 0.2) is 6.07 Å². The number of aromatic carboxylic acids is 1. The first kappa shape index (κ1) is 15.4. The minimum Gasteiger partial charge on any atom is -0.475 e. The van der Waals surface area contributed by atoms with Crippen LogP contribution in [0, 0.1) is 0 Å². The number of aromatic nitrogens is 2. The molecule has 106 valence electrons. The quantitative estimate of drug-likeness (QED) is 0.836. The zero-order valence-electron chi connectivity index (χ0n) is 11.8. The molecule has 1 aromatic heterocycles. The van der Waals surface area contributed by atoms with Crippen LogP contribution in [0.3, 0.4) is 0 Å². The maximum atomic E-state index is 11.1. The molecule has 0 spiro atoms. The van der Waals surface area contributed by atoms with Crippen molar-refractivity contribution in [1.29, 1.82) is 0 Å². The van der Waals surface area contributed by atoms with Crippen LogP contribution in [-0.4, -0.2) is 45.8 Å². The molecule has 0 radical (unpaired) electrons. The molecule has 0 aliphatic heterocycles. The van der Waals surface area contributed by atoms with Crippen molar-refractivity contribution in [3.63, 3.8) is 0 Å². The summed E-state index contributed by atoms with van der Waals surface area (Å²) < 4.78 is 0. The van der Waals surface area contributed by atoms with Crippen molar-refractivity contribution in [2.24, 2.45) is 0 Å². The van der Waals surface area contributed by atoms with E-state index >= 15 is 0 Å². The Labute approximate surface area is 113 Å². The summed E-state index contributed by atoms with van der Waals surface area (Å²) in [5, 5.41) is 18.1. The second-order valence-electron chi connectivity index (χ2n) is 5.29. The number of carboxylic acid groups (broad SMARTS) is 1. The first-order valence-electron chi connectivity index (χ1n) is 6.28. The smallest absolute Gasteiger partial charge is 0.374 e. The van der Waals surface area contributed by atoms with Gasteiger partial charge in [0.2, 0.25) is 5.82 Å². The molecule has 6 nitrogen and oxygen atoms in total. The van der Waals surface area contributed by atoms with E-state index in [-0.39, 0.29) is 17.8 Å². The Balaban J connectivity index is 3.31. The Kier molecular flexibility index (Phi) is 4.83. The monoisotopic (exact) mass is 267 g/mol. The maximum Gasteiger partial charge on any atom is 0.374 e. The number of carbonyl (C=O) groups is 1. The normalized spacial score (nSPS) is 11.4. The number of hydrogen-bond donors (Lipinski definition) is 2. The summed E-state index contributed by atoms with van der Waals surface area (Å²) in [6, 6.07) is 1.78. The molecule has 1 aromatic rings. The van der Waals surface area contributed by atoms with Gasteiger partial charge in [-0.3, -0.25) is 0 Å². The van der Waals surface area contributed by atoms with Crippen molar-refractivity contribution < 1.29 is 15.0 Å². The topological polar surface area (TPSA) is 86.5 Å². The van der Waals surface area contributed by atoms with E-state index in [1.165, 1.54) is 0 Å². The van der Waals surface area contributed by atoms with Crippen LogP contribution in [0.5, 0.6) is 0 Å². The van der Waals surface area contributed by atoms with Crippen LogP contribution in [0.1, 0.15) is 44.0 Å². The predicted octanol–water partition coefficient (Wildman–Crippen LogP) is 1.29. The third-order valence-corrected chi connectivity index (χ3v) is 2.75. The van der Waals surface area contributed by atoms with Crippen molar-refractivity contribution in [2.45, 2.75) is 33.1 Å². The number of likely N-dealkylation sites (N-methyl/N-ethyl adjacent to an activating group) is 1. The van der Waals surface area contributed by atoms with E-state index in [9.17, 15) is 4.79 Å². The van der Waals surface area contributed by atoms with Crippen LogP contribution < -0.4 is 4.90 Å². The highest BCUT2D eigenvalue weighted by Crippen LogP contribution is 2.23. The summed E-state index contributed by atoms with van der Waals surface area (Å²) in [6.07, 6.45) is 0. The molecule has 0 aliphatic rings. The van der Waals surface area contributed by atoms with Gasteiger partial charge in [0.25, 0.3) is 0 Å². The van der Waals surface area contributed by atoms with E-state index in [1.54, 1.807) is 6.07 Å². The van der Waals surface area contributed by atoms with Crippen molar-refractivity contribution in [3.05, 3.63) is 17.6 Å². The average Bonchev–Trinajstić information content (AvgIpc) is 2.34. The van der Waals surface area contributed by atoms with Gasteiger partial charge >= 0.3 is 5.97 Å². The van der Waals surface area contributed by atoms with Gasteiger partial charge < -0.3 is 15.1 Å². The van der Waals surface area contributed by atoms with E-state index in [0.717, 1.165) is 0 Å². The highest BCUT2D eigenvalue weighted by atomic mass is 16.4. The van der Waals surface area contributed by atoms with Gasteiger partial charge in [0, 0.05) is 24.6 Å². The molecule has 6 heteroatoms. The van der Waals surface area contributed by atoms with Gasteiger partial charge in [0.15, 0.2) is 0 Å². The molecular weight excluding hydrogens is 246 g/mol. The van der Waals surface area contributed by atoms with Crippen LogP contribution in [-0.2, 0) is 5.41 Å². The second kappa shape index (κ2) is 5.97. The molecule has 0 saturated carbocycles. The largest absolute Gasteiger partial charge is 0.475 e.